The van der Waals surface area contributed by atoms with Crippen molar-refractivity contribution in [1.82, 2.24) is 14.8 Å². The zero-order chi connectivity index (χ0) is 20.1. The SMILES string of the molecule is CCc1ccc(CN2CCC3(CCC(=O)N(CCc4ccccc4)C3)CC2)nc1. The summed E-state index contributed by atoms with van der Waals surface area (Å²) in [6.45, 7) is 7.11. The molecule has 29 heavy (non-hydrogen) atoms. The molecule has 2 aliphatic rings. The molecule has 1 aromatic heterocycles. The molecule has 1 spiro atoms. The lowest BCUT2D eigenvalue weighted by Crippen LogP contribution is -2.51. The Morgan fingerprint density at radius 2 is 1.79 bits per heavy atom. The molecule has 0 aliphatic carbocycles. The minimum atomic E-state index is 0.320. The second kappa shape index (κ2) is 9.08. The summed E-state index contributed by atoms with van der Waals surface area (Å²) in [4.78, 5) is 21.8. The Kier molecular flexibility index (Phi) is 6.29. The van der Waals surface area contributed by atoms with E-state index < -0.39 is 0 Å². The minimum Gasteiger partial charge on any atom is -0.342 e. The van der Waals surface area contributed by atoms with Gasteiger partial charge < -0.3 is 4.90 Å². The van der Waals surface area contributed by atoms with Gasteiger partial charge in [0.15, 0.2) is 0 Å². The summed E-state index contributed by atoms with van der Waals surface area (Å²) in [5.74, 6) is 0.342. The molecule has 2 aromatic rings. The van der Waals surface area contributed by atoms with Crippen molar-refractivity contribution in [2.75, 3.05) is 26.2 Å². The van der Waals surface area contributed by atoms with Gasteiger partial charge in [-0.2, -0.15) is 0 Å². The summed E-state index contributed by atoms with van der Waals surface area (Å²) in [6.07, 6.45) is 8.16. The highest BCUT2D eigenvalue weighted by Crippen LogP contribution is 2.40. The van der Waals surface area contributed by atoms with Gasteiger partial charge in [0.2, 0.25) is 5.91 Å². The third-order valence-corrected chi connectivity index (χ3v) is 6.86. The molecule has 0 N–H and O–H groups in total. The average Bonchev–Trinajstić information content (AvgIpc) is 2.77. The number of pyridine rings is 1. The lowest BCUT2D eigenvalue weighted by molar-refractivity contribution is -0.139. The Labute approximate surface area is 174 Å². The summed E-state index contributed by atoms with van der Waals surface area (Å²) >= 11 is 0. The Morgan fingerprint density at radius 1 is 1.00 bits per heavy atom. The Hall–Kier alpha value is -2.20. The van der Waals surface area contributed by atoms with Crippen LogP contribution in [0.1, 0.15) is 49.4 Å². The van der Waals surface area contributed by atoms with Gasteiger partial charge in [-0.1, -0.05) is 43.3 Å². The molecule has 2 aliphatic heterocycles. The zero-order valence-corrected chi connectivity index (χ0v) is 17.6. The normalized spacial score (nSPS) is 19.6. The highest BCUT2D eigenvalue weighted by atomic mass is 16.2. The monoisotopic (exact) mass is 391 g/mol. The van der Waals surface area contributed by atoms with Crippen LogP contribution in [0.5, 0.6) is 0 Å². The molecule has 0 saturated carbocycles. The second-order valence-corrected chi connectivity index (χ2v) is 8.84. The molecule has 1 amide bonds. The molecule has 0 unspecified atom stereocenters. The van der Waals surface area contributed by atoms with Crippen molar-refractivity contribution in [3.05, 3.63) is 65.5 Å². The van der Waals surface area contributed by atoms with Crippen LogP contribution in [-0.2, 0) is 24.2 Å². The fourth-order valence-corrected chi connectivity index (χ4v) is 4.80. The van der Waals surface area contributed by atoms with Crippen molar-refractivity contribution in [2.45, 2.75) is 52.0 Å². The van der Waals surface area contributed by atoms with Gasteiger partial charge in [0, 0.05) is 32.3 Å². The first kappa shape index (κ1) is 20.1. The lowest BCUT2D eigenvalue weighted by Gasteiger charge is -2.47. The summed E-state index contributed by atoms with van der Waals surface area (Å²) in [5, 5.41) is 0. The van der Waals surface area contributed by atoms with Gasteiger partial charge in [-0.05, 0) is 67.8 Å². The van der Waals surface area contributed by atoms with Crippen molar-refractivity contribution >= 4 is 5.91 Å². The number of piperidine rings is 2. The van der Waals surface area contributed by atoms with E-state index in [0.29, 0.717) is 11.3 Å². The molecule has 0 bridgehead atoms. The van der Waals surface area contributed by atoms with Crippen molar-refractivity contribution in [2.24, 2.45) is 5.41 Å². The first-order chi connectivity index (χ1) is 14.2. The summed E-state index contributed by atoms with van der Waals surface area (Å²) in [5.41, 5.74) is 4.10. The standard InChI is InChI=1S/C25H33N3O/c1-2-21-8-9-23(26-18-21)19-27-16-13-25(14-17-27)12-10-24(29)28(20-25)15-11-22-6-4-3-5-7-22/h3-9,18H,2,10-17,19-20H2,1H3. The van der Waals surface area contributed by atoms with E-state index in [2.05, 4.69) is 58.1 Å². The number of aromatic nitrogens is 1. The van der Waals surface area contributed by atoms with Gasteiger partial charge in [0.1, 0.15) is 0 Å². The van der Waals surface area contributed by atoms with E-state index in [1.807, 2.05) is 12.3 Å². The van der Waals surface area contributed by atoms with Crippen LogP contribution in [0.15, 0.2) is 48.7 Å². The highest BCUT2D eigenvalue weighted by Gasteiger charge is 2.40. The lowest BCUT2D eigenvalue weighted by atomic mass is 9.72. The predicted molar refractivity (Wildman–Crippen MR) is 117 cm³/mol. The minimum absolute atomic E-state index is 0.320. The molecular weight excluding hydrogens is 358 g/mol. The molecule has 2 fully saturated rings. The van der Waals surface area contributed by atoms with E-state index in [4.69, 9.17) is 0 Å². The Balaban J connectivity index is 1.30. The molecule has 4 heteroatoms. The third kappa shape index (κ3) is 5.05. The number of rotatable bonds is 6. The van der Waals surface area contributed by atoms with Gasteiger partial charge in [0.25, 0.3) is 0 Å². The highest BCUT2D eigenvalue weighted by molar-refractivity contribution is 5.77. The first-order valence-corrected chi connectivity index (χ1v) is 11.1. The average molecular weight is 392 g/mol. The van der Waals surface area contributed by atoms with E-state index >= 15 is 0 Å². The number of amides is 1. The van der Waals surface area contributed by atoms with E-state index in [1.165, 1.54) is 29.7 Å². The number of carbonyl (C=O) groups is 1. The summed E-state index contributed by atoms with van der Waals surface area (Å²) < 4.78 is 0. The number of aryl methyl sites for hydroxylation is 1. The van der Waals surface area contributed by atoms with Crippen LogP contribution in [0.2, 0.25) is 0 Å². The third-order valence-electron chi connectivity index (χ3n) is 6.86. The maximum absolute atomic E-state index is 12.5. The fraction of sp³-hybridized carbons (Fsp3) is 0.520. The van der Waals surface area contributed by atoms with Gasteiger partial charge in [-0.15, -0.1) is 0 Å². The van der Waals surface area contributed by atoms with Gasteiger partial charge in [0.05, 0.1) is 5.69 Å². The fourth-order valence-electron chi connectivity index (χ4n) is 4.80. The molecule has 4 rings (SSSR count). The Morgan fingerprint density at radius 3 is 2.48 bits per heavy atom. The number of hydrogen-bond acceptors (Lipinski definition) is 3. The van der Waals surface area contributed by atoms with Crippen molar-refractivity contribution in [3.8, 4) is 0 Å². The number of benzene rings is 1. The van der Waals surface area contributed by atoms with Crippen molar-refractivity contribution in [1.29, 1.82) is 0 Å². The molecule has 154 valence electrons. The Bertz CT molecular complexity index is 795. The molecule has 3 heterocycles. The zero-order valence-electron chi connectivity index (χ0n) is 17.6. The molecule has 2 saturated heterocycles. The van der Waals surface area contributed by atoms with Gasteiger partial charge in [-0.25, -0.2) is 0 Å². The van der Waals surface area contributed by atoms with Crippen LogP contribution >= 0.6 is 0 Å². The maximum atomic E-state index is 12.5. The van der Waals surface area contributed by atoms with Crippen LogP contribution in [0, 0.1) is 5.41 Å². The van der Waals surface area contributed by atoms with Crippen LogP contribution in [0.4, 0.5) is 0 Å². The molecule has 0 radical (unpaired) electrons. The van der Waals surface area contributed by atoms with Crippen LogP contribution in [0.3, 0.4) is 0 Å². The molecule has 4 nitrogen and oxygen atoms in total. The topological polar surface area (TPSA) is 36.4 Å². The largest absolute Gasteiger partial charge is 0.342 e. The summed E-state index contributed by atoms with van der Waals surface area (Å²) in [7, 11) is 0. The van der Waals surface area contributed by atoms with Crippen molar-refractivity contribution in [3.63, 3.8) is 0 Å². The number of likely N-dealkylation sites (tertiary alicyclic amines) is 2. The molecule has 1 aromatic carbocycles. The van der Waals surface area contributed by atoms with Crippen LogP contribution in [-0.4, -0.2) is 46.9 Å². The van der Waals surface area contributed by atoms with E-state index in [-0.39, 0.29) is 0 Å². The number of carbonyl (C=O) groups excluding carboxylic acids is 1. The van der Waals surface area contributed by atoms with Crippen molar-refractivity contribution < 1.29 is 4.79 Å². The maximum Gasteiger partial charge on any atom is 0.222 e. The number of hydrogen-bond donors (Lipinski definition) is 0. The van der Waals surface area contributed by atoms with E-state index in [9.17, 15) is 4.79 Å². The van der Waals surface area contributed by atoms with E-state index in [0.717, 1.165) is 58.4 Å². The predicted octanol–water partition coefficient (Wildman–Crippen LogP) is 4.09. The summed E-state index contributed by atoms with van der Waals surface area (Å²) in [6, 6.07) is 14.9. The molecular formula is C25H33N3O. The van der Waals surface area contributed by atoms with E-state index in [1.54, 1.807) is 0 Å². The van der Waals surface area contributed by atoms with Gasteiger partial charge >= 0.3 is 0 Å². The van der Waals surface area contributed by atoms with Gasteiger partial charge in [-0.3, -0.25) is 14.7 Å². The first-order valence-electron chi connectivity index (χ1n) is 11.1. The van der Waals surface area contributed by atoms with Crippen LogP contribution < -0.4 is 0 Å². The molecule has 0 atom stereocenters. The second-order valence-electron chi connectivity index (χ2n) is 8.84. The smallest absolute Gasteiger partial charge is 0.222 e. The number of nitrogens with zero attached hydrogens (tertiary/aromatic N) is 3. The quantitative estimate of drug-likeness (QED) is 0.744. The van der Waals surface area contributed by atoms with Crippen LogP contribution in [0.25, 0.3) is 0 Å².